The fourth-order valence-corrected chi connectivity index (χ4v) is 4.05. The molecule has 0 saturated heterocycles. The normalized spacial score (nSPS) is 12.0. The van der Waals surface area contributed by atoms with Gasteiger partial charge in [-0.2, -0.15) is 13.2 Å². The Balaban J connectivity index is 1.82. The zero-order chi connectivity index (χ0) is 26.9. The van der Waals surface area contributed by atoms with Crippen LogP contribution in [0.4, 0.5) is 24.5 Å². The molecule has 4 aromatic rings. The number of phenols is 1. The van der Waals surface area contributed by atoms with Crippen molar-refractivity contribution >= 4 is 28.2 Å². The molecule has 1 heterocycles. The van der Waals surface area contributed by atoms with Crippen LogP contribution >= 0.6 is 0 Å². The molecule has 4 rings (SSSR count). The topological polar surface area (TPSA) is 107 Å². The largest absolute Gasteiger partial charge is 0.505 e. The molecule has 192 valence electrons. The number of phenolic OH excluding ortho intramolecular Hbond substituents is 1. The summed E-state index contributed by atoms with van der Waals surface area (Å²) in [6.07, 6.45) is -4.03. The van der Waals surface area contributed by atoms with Crippen LogP contribution in [-0.4, -0.2) is 25.9 Å². The lowest BCUT2D eigenvalue weighted by molar-refractivity contribution is -0.138. The fourth-order valence-electron chi connectivity index (χ4n) is 4.05. The molecule has 0 aliphatic heterocycles. The van der Waals surface area contributed by atoms with Crippen LogP contribution in [0.3, 0.4) is 0 Å². The molecular formula is C27H24F3N3O4. The van der Waals surface area contributed by atoms with E-state index < -0.39 is 23.6 Å². The van der Waals surface area contributed by atoms with Crippen LogP contribution in [0.5, 0.6) is 11.6 Å². The van der Waals surface area contributed by atoms with Gasteiger partial charge in [0.25, 0.3) is 0 Å². The standard InChI is InChI=1S/C27H24F3N3O4/c1-15-9-11-19(13-16(15)2)33-22-14-18(27(28,29)30)10-12-20(22)24(26(33)37)32-31-21-7-3-5-17(25(21)36)6-4-8-23(34)35/h3,5,7,9-14,36-37H,4,6,8H2,1-2H3,(H,34,35). The van der Waals surface area contributed by atoms with Gasteiger partial charge in [-0.25, -0.2) is 0 Å². The van der Waals surface area contributed by atoms with Gasteiger partial charge in [-0.05, 0) is 79.8 Å². The SMILES string of the molecule is Cc1ccc(-n2c(O)c(N=Nc3cccc(CCCC(=O)O)c3O)c3ccc(C(F)(F)F)cc32)cc1C. The number of rotatable bonds is 7. The van der Waals surface area contributed by atoms with E-state index in [1.54, 1.807) is 30.3 Å². The van der Waals surface area contributed by atoms with Gasteiger partial charge in [-0.3, -0.25) is 9.36 Å². The number of aromatic hydroxyl groups is 2. The number of alkyl halides is 3. The maximum atomic E-state index is 13.5. The van der Waals surface area contributed by atoms with Gasteiger partial charge < -0.3 is 15.3 Å². The number of aryl methyl sites for hydroxylation is 3. The number of nitrogens with zero attached hydrogens (tertiary/aromatic N) is 3. The molecule has 0 unspecified atom stereocenters. The molecule has 0 aliphatic rings. The molecule has 0 bridgehead atoms. The highest BCUT2D eigenvalue weighted by molar-refractivity contribution is 5.97. The van der Waals surface area contributed by atoms with Gasteiger partial charge in [0.05, 0.1) is 11.1 Å². The fraction of sp³-hybridized carbons (Fsp3) is 0.222. The number of halogens is 3. The van der Waals surface area contributed by atoms with E-state index in [1.165, 1.54) is 16.7 Å². The highest BCUT2D eigenvalue weighted by atomic mass is 19.4. The van der Waals surface area contributed by atoms with E-state index in [-0.39, 0.29) is 34.4 Å². The Hall–Kier alpha value is -4.34. The highest BCUT2D eigenvalue weighted by Crippen LogP contribution is 2.44. The monoisotopic (exact) mass is 511 g/mol. The minimum Gasteiger partial charge on any atom is -0.505 e. The van der Waals surface area contributed by atoms with Crippen molar-refractivity contribution in [2.24, 2.45) is 10.2 Å². The lowest BCUT2D eigenvalue weighted by Crippen LogP contribution is -2.05. The quantitative estimate of drug-likeness (QED) is 0.223. The van der Waals surface area contributed by atoms with Crippen molar-refractivity contribution in [1.82, 2.24) is 4.57 Å². The molecule has 0 saturated carbocycles. The van der Waals surface area contributed by atoms with Crippen LogP contribution in [0, 0.1) is 13.8 Å². The van der Waals surface area contributed by atoms with Crippen LogP contribution in [0.1, 0.15) is 35.1 Å². The molecule has 0 amide bonds. The van der Waals surface area contributed by atoms with E-state index in [1.807, 2.05) is 13.8 Å². The molecule has 0 atom stereocenters. The summed E-state index contributed by atoms with van der Waals surface area (Å²) in [7, 11) is 0. The predicted molar refractivity (Wildman–Crippen MR) is 132 cm³/mol. The summed E-state index contributed by atoms with van der Waals surface area (Å²) in [4.78, 5) is 10.8. The van der Waals surface area contributed by atoms with E-state index in [4.69, 9.17) is 5.11 Å². The van der Waals surface area contributed by atoms with Crippen molar-refractivity contribution < 1.29 is 33.3 Å². The number of carboxylic acids is 1. The third-order valence-corrected chi connectivity index (χ3v) is 6.19. The van der Waals surface area contributed by atoms with Crippen LogP contribution in [0.2, 0.25) is 0 Å². The Labute approximate surface area is 210 Å². The van der Waals surface area contributed by atoms with Crippen molar-refractivity contribution in [3.8, 4) is 17.3 Å². The number of benzene rings is 3. The lowest BCUT2D eigenvalue weighted by Gasteiger charge is -2.11. The van der Waals surface area contributed by atoms with Crippen molar-refractivity contribution in [3.63, 3.8) is 0 Å². The van der Waals surface area contributed by atoms with Gasteiger partial charge in [0.2, 0.25) is 5.88 Å². The Kier molecular flexibility index (Phi) is 6.93. The third-order valence-electron chi connectivity index (χ3n) is 6.19. The average Bonchev–Trinajstić information content (AvgIpc) is 3.11. The van der Waals surface area contributed by atoms with Gasteiger partial charge in [-0.1, -0.05) is 18.2 Å². The summed E-state index contributed by atoms with van der Waals surface area (Å²) in [5, 5.41) is 38.9. The van der Waals surface area contributed by atoms with E-state index in [0.29, 0.717) is 24.1 Å². The summed E-state index contributed by atoms with van der Waals surface area (Å²) in [5.74, 6) is -1.54. The minimum atomic E-state index is -4.59. The molecular weight excluding hydrogens is 487 g/mol. The molecule has 3 aromatic carbocycles. The van der Waals surface area contributed by atoms with Crippen molar-refractivity contribution in [2.75, 3.05) is 0 Å². The lowest BCUT2D eigenvalue weighted by atomic mass is 10.1. The Morgan fingerprint density at radius 3 is 2.41 bits per heavy atom. The molecule has 0 spiro atoms. The second-order valence-electron chi connectivity index (χ2n) is 8.74. The van der Waals surface area contributed by atoms with E-state index in [2.05, 4.69) is 10.2 Å². The third kappa shape index (κ3) is 5.28. The van der Waals surface area contributed by atoms with Gasteiger partial charge in [0.1, 0.15) is 11.4 Å². The molecule has 0 fully saturated rings. The minimum absolute atomic E-state index is 0.0577. The number of aromatic nitrogens is 1. The first kappa shape index (κ1) is 25.7. The Morgan fingerprint density at radius 2 is 1.73 bits per heavy atom. The number of azo groups is 1. The number of carboxylic acid groups (broad SMARTS) is 1. The number of hydrogen-bond acceptors (Lipinski definition) is 5. The first-order valence-corrected chi connectivity index (χ1v) is 11.4. The molecule has 0 aliphatic carbocycles. The highest BCUT2D eigenvalue weighted by Gasteiger charge is 2.32. The molecule has 0 radical (unpaired) electrons. The molecule has 37 heavy (non-hydrogen) atoms. The van der Waals surface area contributed by atoms with E-state index >= 15 is 0 Å². The Bertz CT molecular complexity index is 1520. The van der Waals surface area contributed by atoms with E-state index in [9.17, 15) is 28.2 Å². The van der Waals surface area contributed by atoms with Gasteiger partial charge >= 0.3 is 12.1 Å². The molecule has 7 nitrogen and oxygen atoms in total. The number of hydrogen-bond donors (Lipinski definition) is 3. The summed E-state index contributed by atoms with van der Waals surface area (Å²) < 4.78 is 41.7. The number of aliphatic carboxylic acids is 1. The van der Waals surface area contributed by atoms with Crippen LogP contribution in [0.25, 0.3) is 16.6 Å². The van der Waals surface area contributed by atoms with E-state index in [0.717, 1.165) is 23.3 Å². The smallest absolute Gasteiger partial charge is 0.416 e. The maximum Gasteiger partial charge on any atom is 0.416 e. The number of para-hydroxylation sites is 1. The van der Waals surface area contributed by atoms with Crippen molar-refractivity contribution in [1.29, 1.82) is 0 Å². The zero-order valence-corrected chi connectivity index (χ0v) is 20.0. The van der Waals surface area contributed by atoms with Crippen LogP contribution in [0.15, 0.2) is 64.8 Å². The van der Waals surface area contributed by atoms with Crippen LogP contribution < -0.4 is 0 Å². The van der Waals surface area contributed by atoms with Gasteiger partial charge in [0.15, 0.2) is 5.69 Å². The van der Waals surface area contributed by atoms with Crippen molar-refractivity contribution in [2.45, 2.75) is 39.3 Å². The predicted octanol–water partition coefficient (Wildman–Crippen LogP) is 7.50. The number of carbonyl (C=O) groups is 1. The summed E-state index contributed by atoms with van der Waals surface area (Å²) in [6, 6.07) is 13.1. The second kappa shape index (κ2) is 9.96. The first-order chi connectivity index (χ1) is 17.5. The summed E-state index contributed by atoms with van der Waals surface area (Å²) in [6.45, 7) is 3.76. The molecule has 1 aromatic heterocycles. The Morgan fingerprint density at radius 1 is 0.973 bits per heavy atom. The first-order valence-electron chi connectivity index (χ1n) is 11.4. The molecule has 3 N–H and O–H groups in total. The van der Waals surface area contributed by atoms with Crippen molar-refractivity contribution in [3.05, 3.63) is 76.9 Å². The van der Waals surface area contributed by atoms with Gasteiger partial charge in [-0.15, -0.1) is 10.2 Å². The summed E-state index contributed by atoms with van der Waals surface area (Å²) >= 11 is 0. The second-order valence-corrected chi connectivity index (χ2v) is 8.74. The molecule has 10 heteroatoms. The van der Waals surface area contributed by atoms with Crippen LogP contribution in [-0.2, 0) is 17.4 Å². The zero-order valence-electron chi connectivity index (χ0n) is 20.0. The summed E-state index contributed by atoms with van der Waals surface area (Å²) in [5.41, 5.74) is 2.04. The number of fused-ring (bicyclic) bond motifs is 1. The maximum absolute atomic E-state index is 13.5. The average molecular weight is 512 g/mol. The van der Waals surface area contributed by atoms with Gasteiger partial charge in [0, 0.05) is 17.5 Å².